The van der Waals surface area contributed by atoms with Crippen LogP contribution in [0.15, 0.2) is 72.2 Å². The quantitative estimate of drug-likeness (QED) is 0.436. The van der Waals surface area contributed by atoms with Crippen LogP contribution >= 0.6 is 11.3 Å². The van der Waals surface area contributed by atoms with Gasteiger partial charge >= 0.3 is 0 Å². The van der Waals surface area contributed by atoms with Crippen LogP contribution < -0.4 is 10.6 Å². The Morgan fingerprint density at radius 1 is 1.00 bits per heavy atom. The van der Waals surface area contributed by atoms with E-state index in [0.29, 0.717) is 17.8 Å². The molecule has 4 aromatic rings. The lowest BCUT2D eigenvalue weighted by Gasteiger charge is -2.11. The maximum atomic E-state index is 13.0. The number of rotatable bonds is 7. The fourth-order valence-electron chi connectivity index (χ4n) is 3.37. The molecule has 0 aliphatic heterocycles. The molecule has 0 radical (unpaired) electrons. The van der Waals surface area contributed by atoms with E-state index in [2.05, 4.69) is 15.7 Å². The Balaban J connectivity index is 1.48. The van der Waals surface area contributed by atoms with Crippen LogP contribution in [0, 0.1) is 13.8 Å². The standard InChI is InChI=1S/C25H24N4O2S/c1-17-8-6-11-21(18(17)2)27-23(30)14-26-25(31)20-16-29(15-19-9-4-3-5-10-19)28-24(20)22-12-7-13-32-22/h3-13,16H,14-15H2,1-2H3,(H,26,31)(H,27,30). The number of thiophene rings is 1. The summed E-state index contributed by atoms with van der Waals surface area (Å²) < 4.78 is 1.76. The SMILES string of the molecule is Cc1cccc(NC(=O)CNC(=O)c2cn(Cc3ccccc3)nc2-c2cccs2)c1C. The zero-order valence-electron chi connectivity index (χ0n) is 18.0. The Hall–Kier alpha value is -3.71. The highest BCUT2D eigenvalue weighted by Gasteiger charge is 2.19. The Morgan fingerprint density at radius 2 is 1.81 bits per heavy atom. The molecular weight excluding hydrogens is 420 g/mol. The van der Waals surface area contributed by atoms with Crippen LogP contribution in [-0.2, 0) is 11.3 Å². The topological polar surface area (TPSA) is 76.0 Å². The molecule has 0 fully saturated rings. The van der Waals surface area contributed by atoms with Crippen molar-refractivity contribution >= 4 is 28.8 Å². The van der Waals surface area contributed by atoms with E-state index in [9.17, 15) is 9.59 Å². The van der Waals surface area contributed by atoms with Gasteiger partial charge in [-0.25, -0.2) is 0 Å². The van der Waals surface area contributed by atoms with E-state index in [1.54, 1.807) is 10.9 Å². The number of hydrogen-bond acceptors (Lipinski definition) is 4. The summed E-state index contributed by atoms with van der Waals surface area (Å²) in [4.78, 5) is 26.3. The van der Waals surface area contributed by atoms with Gasteiger partial charge in [-0.2, -0.15) is 5.10 Å². The van der Waals surface area contributed by atoms with Gasteiger partial charge < -0.3 is 10.6 Å². The van der Waals surface area contributed by atoms with E-state index >= 15 is 0 Å². The zero-order valence-corrected chi connectivity index (χ0v) is 18.8. The minimum absolute atomic E-state index is 0.125. The van der Waals surface area contributed by atoms with E-state index in [1.165, 1.54) is 11.3 Å². The highest BCUT2D eigenvalue weighted by atomic mass is 32.1. The summed E-state index contributed by atoms with van der Waals surface area (Å²) in [5, 5.41) is 12.2. The van der Waals surface area contributed by atoms with Gasteiger partial charge in [0.2, 0.25) is 5.91 Å². The van der Waals surface area contributed by atoms with Crippen molar-refractivity contribution < 1.29 is 9.59 Å². The Kier molecular flexibility index (Phi) is 6.47. The smallest absolute Gasteiger partial charge is 0.255 e. The minimum Gasteiger partial charge on any atom is -0.343 e. The van der Waals surface area contributed by atoms with Crippen molar-refractivity contribution in [3.8, 4) is 10.6 Å². The van der Waals surface area contributed by atoms with E-state index in [1.807, 2.05) is 79.9 Å². The van der Waals surface area contributed by atoms with Gasteiger partial charge in [0.05, 0.1) is 23.5 Å². The number of anilines is 1. The fraction of sp³-hybridized carbons (Fsp3) is 0.160. The molecule has 0 bridgehead atoms. The third-order valence-corrected chi connectivity index (χ3v) is 6.11. The fourth-order valence-corrected chi connectivity index (χ4v) is 4.09. The van der Waals surface area contributed by atoms with Gasteiger partial charge in [0.15, 0.2) is 0 Å². The summed E-state index contributed by atoms with van der Waals surface area (Å²) in [6, 6.07) is 19.5. The maximum absolute atomic E-state index is 13.0. The molecule has 0 atom stereocenters. The second kappa shape index (κ2) is 9.62. The normalized spacial score (nSPS) is 10.7. The summed E-state index contributed by atoms with van der Waals surface area (Å²) >= 11 is 1.52. The Morgan fingerprint density at radius 3 is 2.56 bits per heavy atom. The first-order valence-electron chi connectivity index (χ1n) is 10.3. The summed E-state index contributed by atoms with van der Waals surface area (Å²) in [6.07, 6.45) is 1.74. The van der Waals surface area contributed by atoms with Crippen LogP contribution in [0.1, 0.15) is 27.0 Å². The van der Waals surface area contributed by atoms with Crippen molar-refractivity contribution in [3.63, 3.8) is 0 Å². The third-order valence-electron chi connectivity index (χ3n) is 5.24. The molecule has 2 heterocycles. The number of hydrogen-bond donors (Lipinski definition) is 2. The van der Waals surface area contributed by atoms with Gasteiger partial charge in [-0.1, -0.05) is 48.5 Å². The van der Waals surface area contributed by atoms with Gasteiger partial charge in [-0.05, 0) is 48.1 Å². The van der Waals surface area contributed by atoms with Crippen LogP contribution in [0.5, 0.6) is 0 Å². The van der Waals surface area contributed by atoms with Gasteiger partial charge in [-0.3, -0.25) is 14.3 Å². The maximum Gasteiger partial charge on any atom is 0.255 e. The van der Waals surface area contributed by atoms with Crippen molar-refractivity contribution in [1.82, 2.24) is 15.1 Å². The molecule has 0 saturated heterocycles. The first-order chi connectivity index (χ1) is 15.5. The molecule has 0 aliphatic carbocycles. The summed E-state index contributed by atoms with van der Waals surface area (Å²) in [5.74, 6) is -0.606. The second-order valence-corrected chi connectivity index (χ2v) is 8.48. The van der Waals surface area contributed by atoms with Crippen LogP contribution in [-0.4, -0.2) is 28.1 Å². The molecule has 2 aromatic heterocycles. The number of benzene rings is 2. The van der Waals surface area contributed by atoms with Gasteiger partial charge in [0.1, 0.15) is 5.69 Å². The van der Waals surface area contributed by atoms with Crippen LogP contribution in [0.2, 0.25) is 0 Å². The predicted octanol–water partition coefficient (Wildman–Crippen LogP) is 4.65. The number of aromatic nitrogens is 2. The molecule has 2 amide bonds. The molecule has 0 saturated carbocycles. The lowest BCUT2D eigenvalue weighted by Crippen LogP contribution is -2.33. The monoisotopic (exact) mass is 444 g/mol. The number of carbonyl (C=O) groups is 2. The lowest BCUT2D eigenvalue weighted by molar-refractivity contribution is -0.115. The summed E-state index contributed by atoms with van der Waals surface area (Å²) in [6.45, 7) is 4.38. The molecule has 7 heteroatoms. The Labute approximate surface area is 190 Å². The van der Waals surface area contributed by atoms with E-state index in [4.69, 9.17) is 0 Å². The highest BCUT2D eigenvalue weighted by Crippen LogP contribution is 2.27. The molecule has 4 rings (SSSR count). The summed E-state index contributed by atoms with van der Waals surface area (Å²) in [5.41, 5.74) is 5.01. The average molecular weight is 445 g/mol. The Bertz CT molecular complexity index is 1230. The highest BCUT2D eigenvalue weighted by molar-refractivity contribution is 7.13. The van der Waals surface area contributed by atoms with Crippen molar-refractivity contribution in [2.24, 2.45) is 0 Å². The molecule has 32 heavy (non-hydrogen) atoms. The molecule has 2 aromatic carbocycles. The largest absolute Gasteiger partial charge is 0.343 e. The third kappa shape index (κ3) is 4.95. The molecule has 0 spiro atoms. The number of carbonyl (C=O) groups excluding carboxylic acids is 2. The second-order valence-electron chi connectivity index (χ2n) is 7.53. The average Bonchev–Trinajstić information content (AvgIpc) is 3.46. The van der Waals surface area contributed by atoms with E-state index in [0.717, 1.165) is 27.3 Å². The molecule has 6 nitrogen and oxygen atoms in total. The minimum atomic E-state index is -0.330. The van der Waals surface area contributed by atoms with Crippen molar-refractivity contribution in [2.45, 2.75) is 20.4 Å². The predicted molar refractivity (Wildman–Crippen MR) is 128 cm³/mol. The lowest BCUT2D eigenvalue weighted by atomic mass is 10.1. The zero-order chi connectivity index (χ0) is 22.5. The molecule has 0 unspecified atom stereocenters. The van der Waals surface area contributed by atoms with Crippen LogP contribution in [0.25, 0.3) is 10.6 Å². The summed E-state index contributed by atoms with van der Waals surface area (Å²) in [7, 11) is 0. The number of nitrogens with one attached hydrogen (secondary N) is 2. The van der Waals surface area contributed by atoms with Gasteiger partial charge in [-0.15, -0.1) is 11.3 Å². The van der Waals surface area contributed by atoms with E-state index < -0.39 is 0 Å². The molecule has 162 valence electrons. The van der Waals surface area contributed by atoms with Crippen molar-refractivity contribution in [2.75, 3.05) is 11.9 Å². The number of amides is 2. The van der Waals surface area contributed by atoms with Crippen molar-refractivity contribution in [1.29, 1.82) is 0 Å². The van der Waals surface area contributed by atoms with Gasteiger partial charge in [0, 0.05) is 11.9 Å². The van der Waals surface area contributed by atoms with Crippen LogP contribution in [0.4, 0.5) is 5.69 Å². The number of nitrogens with zero attached hydrogens (tertiary/aromatic N) is 2. The van der Waals surface area contributed by atoms with Crippen molar-refractivity contribution in [3.05, 3.63) is 94.5 Å². The molecule has 0 aliphatic rings. The first kappa shape index (κ1) is 21.5. The van der Waals surface area contributed by atoms with E-state index in [-0.39, 0.29) is 18.4 Å². The first-order valence-corrected chi connectivity index (χ1v) is 11.2. The molecule has 2 N–H and O–H groups in total. The van der Waals surface area contributed by atoms with Gasteiger partial charge in [0.25, 0.3) is 5.91 Å². The molecular formula is C25H24N4O2S. The number of aryl methyl sites for hydroxylation is 1. The van der Waals surface area contributed by atoms with Crippen LogP contribution in [0.3, 0.4) is 0 Å².